The van der Waals surface area contributed by atoms with Crippen molar-refractivity contribution in [3.05, 3.63) is 72.0 Å². The minimum absolute atomic E-state index is 0.202. The monoisotopic (exact) mass is 425 g/mol. The average Bonchev–Trinajstić information content (AvgIpc) is 3.35. The van der Waals surface area contributed by atoms with Gasteiger partial charge in [-0.2, -0.15) is 0 Å². The predicted octanol–water partition coefficient (Wildman–Crippen LogP) is 3.27. The standard InChI is InChI=1S/C21H19N3O5S/c22-30(27,28)18-13-15(21(25)26)12-16-19(18)24(20(23-16)17-9-5-11-29-17)10-4-8-14-6-2-1-3-7-14/h1-3,5-7,9,11-13H,4,8,10H2,(H,25,26)(H2,22,27,28). The molecular formula is C21H19N3O5S. The quantitative estimate of drug-likeness (QED) is 0.468. The minimum Gasteiger partial charge on any atom is -0.478 e. The van der Waals surface area contributed by atoms with Crippen LogP contribution in [0.15, 0.2) is 70.2 Å². The molecule has 30 heavy (non-hydrogen) atoms. The third kappa shape index (κ3) is 3.85. The van der Waals surface area contributed by atoms with E-state index in [0.717, 1.165) is 18.1 Å². The number of primary sulfonamides is 1. The summed E-state index contributed by atoms with van der Waals surface area (Å²) < 4.78 is 31.8. The summed E-state index contributed by atoms with van der Waals surface area (Å²) in [4.78, 5) is 15.7. The van der Waals surface area contributed by atoms with E-state index in [9.17, 15) is 18.3 Å². The number of rotatable bonds is 7. The van der Waals surface area contributed by atoms with Crippen LogP contribution >= 0.6 is 0 Å². The van der Waals surface area contributed by atoms with Crippen LogP contribution in [0.1, 0.15) is 22.3 Å². The summed E-state index contributed by atoms with van der Waals surface area (Å²) in [5.41, 5.74) is 1.44. The van der Waals surface area contributed by atoms with E-state index < -0.39 is 16.0 Å². The number of carboxylic acids is 1. The Morgan fingerprint density at radius 2 is 1.90 bits per heavy atom. The molecule has 4 rings (SSSR count). The number of nitrogens with two attached hydrogens (primary N) is 1. The Bertz CT molecular complexity index is 1310. The van der Waals surface area contributed by atoms with Gasteiger partial charge >= 0.3 is 5.97 Å². The molecule has 0 bridgehead atoms. The van der Waals surface area contributed by atoms with Crippen molar-refractivity contribution in [2.75, 3.05) is 0 Å². The van der Waals surface area contributed by atoms with Gasteiger partial charge in [0.15, 0.2) is 11.6 Å². The molecule has 0 unspecified atom stereocenters. The first kappa shape index (κ1) is 19.9. The lowest BCUT2D eigenvalue weighted by Gasteiger charge is -2.11. The topological polar surface area (TPSA) is 128 Å². The molecule has 0 aliphatic carbocycles. The SMILES string of the molecule is NS(=O)(=O)c1cc(C(=O)O)cc2nc(-c3ccco3)n(CCCc3ccccc3)c12. The molecule has 0 aliphatic heterocycles. The summed E-state index contributed by atoms with van der Waals surface area (Å²) in [6, 6.07) is 15.7. The van der Waals surface area contributed by atoms with Crippen LogP contribution in [0.5, 0.6) is 0 Å². The third-order valence-electron chi connectivity index (χ3n) is 4.79. The molecule has 0 atom stereocenters. The number of furan rings is 1. The Hall–Kier alpha value is -3.43. The summed E-state index contributed by atoms with van der Waals surface area (Å²) >= 11 is 0. The van der Waals surface area contributed by atoms with Crippen molar-refractivity contribution < 1.29 is 22.7 Å². The van der Waals surface area contributed by atoms with Gasteiger partial charge in [-0.15, -0.1) is 0 Å². The molecule has 8 nitrogen and oxygen atoms in total. The highest BCUT2D eigenvalue weighted by Gasteiger charge is 2.24. The van der Waals surface area contributed by atoms with Crippen molar-refractivity contribution >= 4 is 27.0 Å². The largest absolute Gasteiger partial charge is 0.478 e. The summed E-state index contributed by atoms with van der Waals surface area (Å²) in [6.45, 7) is 0.441. The van der Waals surface area contributed by atoms with Gasteiger partial charge in [-0.1, -0.05) is 30.3 Å². The number of aromatic carboxylic acids is 1. The summed E-state index contributed by atoms with van der Waals surface area (Å²) in [5.74, 6) is -0.404. The second kappa shape index (κ2) is 7.77. The van der Waals surface area contributed by atoms with E-state index in [1.54, 1.807) is 16.7 Å². The molecule has 2 aromatic heterocycles. The third-order valence-corrected chi connectivity index (χ3v) is 5.72. The van der Waals surface area contributed by atoms with Crippen molar-refractivity contribution in [2.45, 2.75) is 24.3 Å². The van der Waals surface area contributed by atoms with Crippen molar-refractivity contribution in [1.29, 1.82) is 0 Å². The number of sulfonamides is 1. The average molecular weight is 425 g/mol. The maximum absolute atomic E-state index is 12.3. The van der Waals surface area contributed by atoms with Crippen LogP contribution in [0.2, 0.25) is 0 Å². The van der Waals surface area contributed by atoms with Gasteiger partial charge in [0.2, 0.25) is 10.0 Å². The second-order valence-electron chi connectivity index (χ2n) is 6.85. The number of carbonyl (C=O) groups is 1. The van der Waals surface area contributed by atoms with Gasteiger partial charge in [0.05, 0.1) is 22.9 Å². The molecule has 9 heteroatoms. The number of fused-ring (bicyclic) bond motifs is 1. The van der Waals surface area contributed by atoms with Crippen molar-refractivity contribution in [3.8, 4) is 11.6 Å². The molecule has 0 spiro atoms. The zero-order valence-corrected chi connectivity index (χ0v) is 16.7. The summed E-state index contributed by atoms with van der Waals surface area (Å²) in [6.07, 6.45) is 2.97. The van der Waals surface area contributed by atoms with Crippen LogP contribution in [-0.2, 0) is 23.0 Å². The Labute approximate surface area is 172 Å². The van der Waals surface area contributed by atoms with Gasteiger partial charge in [0, 0.05) is 6.54 Å². The van der Waals surface area contributed by atoms with Gasteiger partial charge in [0.1, 0.15) is 4.90 Å². The van der Waals surface area contributed by atoms with Crippen molar-refractivity contribution in [1.82, 2.24) is 9.55 Å². The number of imidazole rings is 1. The Kier molecular flexibility index (Phi) is 5.15. The van der Waals surface area contributed by atoms with Crippen LogP contribution in [0.25, 0.3) is 22.6 Å². The van der Waals surface area contributed by atoms with Crippen molar-refractivity contribution in [2.24, 2.45) is 5.14 Å². The molecule has 154 valence electrons. The number of aryl methyl sites for hydroxylation is 2. The van der Waals surface area contributed by atoms with E-state index in [0.29, 0.717) is 24.6 Å². The zero-order chi connectivity index (χ0) is 21.3. The molecule has 0 aliphatic rings. The zero-order valence-electron chi connectivity index (χ0n) is 15.9. The Balaban J connectivity index is 1.86. The van der Waals surface area contributed by atoms with Gasteiger partial charge < -0.3 is 14.1 Å². The van der Waals surface area contributed by atoms with Crippen LogP contribution in [0.4, 0.5) is 0 Å². The smallest absolute Gasteiger partial charge is 0.335 e. The summed E-state index contributed by atoms with van der Waals surface area (Å²) in [7, 11) is -4.20. The fraction of sp³-hybridized carbons (Fsp3) is 0.143. The molecule has 2 aromatic carbocycles. The molecule has 2 heterocycles. The predicted molar refractivity (Wildman–Crippen MR) is 111 cm³/mol. The Morgan fingerprint density at radius 3 is 2.53 bits per heavy atom. The number of nitrogens with zero attached hydrogens (tertiary/aromatic N) is 2. The summed E-state index contributed by atoms with van der Waals surface area (Å²) in [5, 5.41) is 14.8. The van der Waals surface area contributed by atoms with Crippen LogP contribution in [0, 0.1) is 0 Å². The number of benzene rings is 2. The highest BCUT2D eigenvalue weighted by molar-refractivity contribution is 7.89. The van der Waals surface area contributed by atoms with Gasteiger partial charge in [0.25, 0.3) is 0 Å². The van der Waals surface area contributed by atoms with Gasteiger partial charge in [-0.3, -0.25) is 0 Å². The lowest BCUT2D eigenvalue weighted by molar-refractivity contribution is 0.0696. The fourth-order valence-electron chi connectivity index (χ4n) is 3.47. The van der Waals surface area contributed by atoms with E-state index in [4.69, 9.17) is 9.56 Å². The van der Waals surface area contributed by atoms with E-state index in [1.165, 1.54) is 12.3 Å². The lowest BCUT2D eigenvalue weighted by Crippen LogP contribution is -2.15. The first-order valence-electron chi connectivity index (χ1n) is 9.23. The Morgan fingerprint density at radius 1 is 1.13 bits per heavy atom. The van der Waals surface area contributed by atoms with Gasteiger partial charge in [-0.25, -0.2) is 23.3 Å². The second-order valence-corrected chi connectivity index (χ2v) is 8.38. The molecule has 0 fully saturated rings. The minimum atomic E-state index is -4.20. The first-order chi connectivity index (χ1) is 14.3. The van der Waals surface area contributed by atoms with Gasteiger partial charge in [-0.05, 0) is 42.7 Å². The highest BCUT2D eigenvalue weighted by Crippen LogP contribution is 2.31. The normalized spacial score (nSPS) is 11.8. The van der Waals surface area contributed by atoms with Crippen LogP contribution in [-0.4, -0.2) is 29.0 Å². The molecule has 4 aromatic rings. The molecular weight excluding hydrogens is 406 g/mol. The number of hydrogen-bond donors (Lipinski definition) is 2. The number of carboxylic acid groups (broad SMARTS) is 1. The van der Waals surface area contributed by atoms with Crippen LogP contribution < -0.4 is 5.14 Å². The number of hydrogen-bond acceptors (Lipinski definition) is 5. The highest BCUT2D eigenvalue weighted by atomic mass is 32.2. The van der Waals surface area contributed by atoms with E-state index in [2.05, 4.69) is 4.98 Å². The van der Waals surface area contributed by atoms with E-state index >= 15 is 0 Å². The number of aromatic nitrogens is 2. The maximum atomic E-state index is 12.3. The molecule has 0 amide bonds. The molecule has 0 saturated heterocycles. The lowest BCUT2D eigenvalue weighted by atomic mass is 10.1. The van der Waals surface area contributed by atoms with E-state index in [1.807, 2.05) is 30.3 Å². The fourth-order valence-corrected chi connectivity index (χ4v) is 4.24. The van der Waals surface area contributed by atoms with Crippen LogP contribution in [0.3, 0.4) is 0 Å². The maximum Gasteiger partial charge on any atom is 0.335 e. The first-order valence-corrected chi connectivity index (χ1v) is 10.8. The molecule has 0 saturated carbocycles. The molecule has 0 radical (unpaired) electrons. The molecule has 3 N–H and O–H groups in total. The van der Waals surface area contributed by atoms with E-state index in [-0.39, 0.29) is 21.5 Å². The van der Waals surface area contributed by atoms with Crippen molar-refractivity contribution in [3.63, 3.8) is 0 Å².